The highest BCUT2D eigenvalue weighted by Gasteiger charge is 2.33. The van der Waals surface area contributed by atoms with Crippen molar-refractivity contribution in [3.63, 3.8) is 0 Å². The number of nitrogens with zero attached hydrogens (tertiary/aromatic N) is 1. The Hall–Kier alpha value is -4.62. The lowest BCUT2D eigenvalue weighted by Crippen LogP contribution is -2.25. The Bertz CT molecular complexity index is 1360. The fourth-order valence-electron chi connectivity index (χ4n) is 3.35. The molecular weight excluding hydrogens is 497 g/mol. The molecule has 0 bridgehead atoms. The number of anilines is 2. The zero-order valence-corrected chi connectivity index (χ0v) is 20.3. The number of aliphatic hydroxyl groups is 1. The largest absolute Gasteiger partial charge is 0.494 e. The number of hydrogen-bond donors (Lipinski definition) is 4. The van der Waals surface area contributed by atoms with E-state index in [-0.39, 0.29) is 16.9 Å². The Labute approximate surface area is 217 Å². The third-order valence-electron chi connectivity index (χ3n) is 5.24. The average molecular weight is 523 g/mol. The lowest BCUT2D eigenvalue weighted by atomic mass is 10.0. The van der Waals surface area contributed by atoms with Crippen LogP contribution >= 0.6 is 0 Å². The molecule has 0 aliphatic rings. The van der Waals surface area contributed by atoms with E-state index in [0.717, 1.165) is 6.42 Å². The summed E-state index contributed by atoms with van der Waals surface area (Å²) in [7, 11) is 0. The lowest BCUT2D eigenvalue weighted by molar-refractivity contribution is -0.112. The van der Waals surface area contributed by atoms with Gasteiger partial charge in [0.1, 0.15) is 23.3 Å². The molecule has 3 aromatic carbocycles. The van der Waals surface area contributed by atoms with E-state index in [1.807, 2.05) is 13.0 Å². The number of alkyl halides is 3. The Morgan fingerprint density at radius 1 is 1.05 bits per heavy atom. The first-order chi connectivity index (χ1) is 18.1. The number of benzene rings is 3. The quantitative estimate of drug-likeness (QED) is 0.194. The van der Waals surface area contributed by atoms with Crippen LogP contribution in [-0.4, -0.2) is 29.5 Å². The van der Waals surface area contributed by atoms with Crippen LogP contribution in [0, 0.1) is 16.7 Å². The molecule has 1 unspecified atom stereocenters. The predicted molar refractivity (Wildman–Crippen MR) is 138 cm³/mol. The average Bonchev–Trinajstić information content (AvgIpc) is 2.91. The van der Waals surface area contributed by atoms with Crippen molar-refractivity contribution in [3.05, 3.63) is 101 Å². The number of nitrogens with one attached hydrogen (secondary N) is 3. The molecule has 38 heavy (non-hydrogen) atoms. The number of carbonyl (C=O) groups excluding carboxylic acids is 1. The molecule has 0 aliphatic carbocycles. The third-order valence-corrected chi connectivity index (χ3v) is 5.24. The van der Waals surface area contributed by atoms with Gasteiger partial charge < -0.3 is 20.5 Å². The molecule has 10 heteroatoms. The monoisotopic (exact) mass is 522 g/mol. The van der Waals surface area contributed by atoms with Gasteiger partial charge in [0.2, 0.25) is 0 Å². The van der Waals surface area contributed by atoms with E-state index in [1.54, 1.807) is 36.4 Å². The molecule has 0 radical (unpaired) electrons. The summed E-state index contributed by atoms with van der Waals surface area (Å²) < 4.78 is 44.7. The van der Waals surface area contributed by atoms with Gasteiger partial charge >= 0.3 is 6.18 Å². The van der Waals surface area contributed by atoms with Gasteiger partial charge in [0.15, 0.2) is 0 Å². The minimum Gasteiger partial charge on any atom is -0.494 e. The third kappa shape index (κ3) is 7.69. The Balaban J connectivity index is 1.82. The zero-order valence-electron chi connectivity index (χ0n) is 20.3. The molecule has 0 aromatic heterocycles. The number of hydrogen-bond acceptors (Lipinski definition) is 6. The molecule has 0 aliphatic heterocycles. The first kappa shape index (κ1) is 28.0. The molecule has 7 nitrogen and oxygen atoms in total. The number of allylic oxidation sites excluding steroid dienone is 1. The minimum atomic E-state index is -4.97. The van der Waals surface area contributed by atoms with Crippen molar-refractivity contribution in [2.24, 2.45) is 0 Å². The second-order valence-electron chi connectivity index (χ2n) is 8.19. The van der Waals surface area contributed by atoms with Gasteiger partial charge in [0, 0.05) is 11.4 Å². The number of ether oxygens (including phenoxy) is 1. The summed E-state index contributed by atoms with van der Waals surface area (Å²) >= 11 is 0. The number of amides is 1. The number of nitriles is 1. The van der Waals surface area contributed by atoms with Gasteiger partial charge in [-0.1, -0.05) is 37.3 Å². The summed E-state index contributed by atoms with van der Waals surface area (Å²) in [6, 6.07) is 20.8. The van der Waals surface area contributed by atoms with Crippen molar-refractivity contribution in [1.29, 1.82) is 10.7 Å². The predicted octanol–water partition coefficient (Wildman–Crippen LogP) is 5.95. The van der Waals surface area contributed by atoms with Crippen molar-refractivity contribution in [2.45, 2.75) is 25.6 Å². The standard InChI is InChI=1S/C28H25F3N4O3/c1-2-13-38-23-11-9-19(10-12-23)26(36)20-6-4-8-22(15-20)35-27(37)24(16-25(33)28(29,30)31)34-21-7-3-5-18(14-21)17-32/h3-12,14-16,26,33-34,36H,2,13H2,1H3,(H,35,37)/b24-16-,33-25?. The molecule has 0 heterocycles. The Morgan fingerprint density at radius 2 is 1.71 bits per heavy atom. The summed E-state index contributed by atoms with van der Waals surface area (Å²) in [6.45, 7) is 2.56. The maximum Gasteiger partial charge on any atom is 0.432 e. The van der Waals surface area contributed by atoms with Crippen LogP contribution in [0.25, 0.3) is 0 Å². The van der Waals surface area contributed by atoms with Crippen molar-refractivity contribution in [1.82, 2.24) is 0 Å². The van der Waals surface area contributed by atoms with E-state index in [9.17, 15) is 23.1 Å². The second kappa shape index (κ2) is 12.6. The molecule has 1 atom stereocenters. The summed E-state index contributed by atoms with van der Waals surface area (Å²) in [4.78, 5) is 13.0. The molecule has 1 amide bonds. The van der Waals surface area contributed by atoms with Gasteiger partial charge in [0.05, 0.1) is 18.2 Å². The van der Waals surface area contributed by atoms with E-state index in [4.69, 9.17) is 15.4 Å². The van der Waals surface area contributed by atoms with Crippen LogP contribution < -0.4 is 15.4 Å². The van der Waals surface area contributed by atoms with Gasteiger partial charge in [-0.05, 0) is 66.1 Å². The van der Waals surface area contributed by atoms with Crippen molar-refractivity contribution in [2.75, 3.05) is 17.2 Å². The summed E-state index contributed by atoms with van der Waals surface area (Å²) in [6.07, 6.45) is -4.77. The SMILES string of the molecule is CCCOc1ccc(C(O)c2cccc(NC(=O)/C(=C/C(=N)C(F)(F)F)Nc3cccc(C#N)c3)c2)cc1. The normalized spacial score (nSPS) is 12.3. The van der Waals surface area contributed by atoms with Crippen LogP contribution in [0.15, 0.2) is 84.6 Å². The maximum atomic E-state index is 13.0. The number of carbonyl (C=O) groups is 1. The fraction of sp³-hybridized carbons (Fsp3) is 0.179. The molecule has 4 N–H and O–H groups in total. The molecule has 0 saturated heterocycles. The Kier molecular flexibility index (Phi) is 9.24. The molecule has 0 spiro atoms. The number of aliphatic hydroxyl groups excluding tert-OH is 1. The van der Waals surface area contributed by atoms with Crippen LogP contribution in [0.5, 0.6) is 5.75 Å². The van der Waals surface area contributed by atoms with E-state index >= 15 is 0 Å². The maximum absolute atomic E-state index is 13.0. The molecule has 0 saturated carbocycles. The van der Waals surface area contributed by atoms with Crippen LogP contribution in [0.2, 0.25) is 0 Å². The molecular formula is C28H25F3N4O3. The topological polar surface area (TPSA) is 118 Å². The first-order valence-electron chi connectivity index (χ1n) is 11.6. The molecule has 3 rings (SSSR count). The minimum absolute atomic E-state index is 0.191. The van der Waals surface area contributed by atoms with Crippen LogP contribution in [0.4, 0.5) is 24.5 Å². The highest BCUT2D eigenvalue weighted by atomic mass is 19.4. The van der Waals surface area contributed by atoms with E-state index in [1.165, 1.54) is 36.4 Å². The van der Waals surface area contributed by atoms with E-state index in [2.05, 4.69) is 10.6 Å². The number of rotatable bonds is 10. The van der Waals surface area contributed by atoms with Gasteiger partial charge in [-0.15, -0.1) is 0 Å². The van der Waals surface area contributed by atoms with Crippen LogP contribution in [-0.2, 0) is 4.79 Å². The van der Waals surface area contributed by atoms with Crippen molar-refractivity contribution < 1.29 is 27.8 Å². The summed E-state index contributed by atoms with van der Waals surface area (Å²) in [5.41, 5.74) is -0.642. The van der Waals surface area contributed by atoms with Crippen molar-refractivity contribution in [3.8, 4) is 11.8 Å². The van der Waals surface area contributed by atoms with Gasteiger partial charge in [-0.25, -0.2) is 0 Å². The highest BCUT2D eigenvalue weighted by Crippen LogP contribution is 2.26. The van der Waals surface area contributed by atoms with Crippen LogP contribution in [0.1, 0.15) is 36.1 Å². The Morgan fingerprint density at radius 3 is 2.34 bits per heavy atom. The van der Waals surface area contributed by atoms with E-state index in [0.29, 0.717) is 29.6 Å². The van der Waals surface area contributed by atoms with E-state index < -0.39 is 29.6 Å². The van der Waals surface area contributed by atoms with Crippen LogP contribution in [0.3, 0.4) is 0 Å². The van der Waals surface area contributed by atoms with Gasteiger partial charge in [-0.2, -0.15) is 18.4 Å². The molecule has 0 fully saturated rings. The summed E-state index contributed by atoms with van der Waals surface area (Å²) in [5, 5.41) is 32.3. The zero-order chi connectivity index (χ0) is 27.7. The lowest BCUT2D eigenvalue weighted by Gasteiger charge is -2.16. The van der Waals surface area contributed by atoms with Gasteiger partial charge in [0.25, 0.3) is 5.91 Å². The number of halogens is 3. The molecule has 196 valence electrons. The second-order valence-corrected chi connectivity index (χ2v) is 8.19. The molecule has 3 aromatic rings. The van der Waals surface area contributed by atoms with Crippen molar-refractivity contribution >= 4 is 23.0 Å². The summed E-state index contributed by atoms with van der Waals surface area (Å²) in [5.74, 6) is -0.286. The van der Waals surface area contributed by atoms with Gasteiger partial charge in [-0.3, -0.25) is 10.2 Å². The first-order valence-corrected chi connectivity index (χ1v) is 11.6. The fourth-order valence-corrected chi connectivity index (χ4v) is 3.35. The highest BCUT2D eigenvalue weighted by molar-refractivity contribution is 6.11. The smallest absolute Gasteiger partial charge is 0.432 e.